The van der Waals surface area contributed by atoms with E-state index >= 15 is 0 Å². The molecule has 0 spiro atoms. The standard InChI is InChI=1S/C14H22ClN3/c1-3-4-17-5-7-18(8-6-17)14-12(2)9-13(10-15)11-16-14/h9,11H,3-8,10H2,1-2H3. The Morgan fingerprint density at radius 1 is 1.28 bits per heavy atom. The molecule has 1 aromatic heterocycles. The Balaban J connectivity index is 2.01. The van der Waals surface area contributed by atoms with Gasteiger partial charge >= 0.3 is 0 Å². The SMILES string of the molecule is CCCN1CCN(c2ncc(CCl)cc2C)CC1. The molecule has 0 aliphatic carbocycles. The molecule has 4 heteroatoms. The first-order valence-electron chi connectivity index (χ1n) is 6.73. The van der Waals surface area contributed by atoms with E-state index < -0.39 is 0 Å². The van der Waals surface area contributed by atoms with Gasteiger partial charge in [-0.15, -0.1) is 11.6 Å². The Kier molecular flexibility index (Phi) is 4.84. The van der Waals surface area contributed by atoms with E-state index in [4.69, 9.17) is 11.6 Å². The van der Waals surface area contributed by atoms with E-state index in [1.807, 2.05) is 6.20 Å². The number of halogens is 1. The number of piperazine rings is 1. The Labute approximate surface area is 115 Å². The molecule has 0 N–H and O–H groups in total. The Bertz CT molecular complexity index is 387. The van der Waals surface area contributed by atoms with Crippen LogP contribution in [-0.4, -0.2) is 42.6 Å². The molecule has 0 aromatic carbocycles. The third-order valence-electron chi connectivity index (χ3n) is 3.47. The minimum Gasteiger partial charge on any atom is -0.354 e. The summed E-state index contributed by atoms with van der Waals surface area (Å²) in [5.41, 5.74) is 2.33. The van der Waals surface area contributed by atoms with Crippen LogP contribution in [0.15, 0.2) is 12.3 Å². The van der Waals surface area contributed by atoms with Crippen molar-refractivity contribution in [2.24, 2.45) is 0 Å². The lowest BCUT2D eigenvalue weighted by atomic mass is 10.2. The zero-order chi connectivity index (χ0) is 13.0. The Hall–Kier alpha value is -0.800. The van der Waals surface area contributed by atoms with Gasteiger partial charge in [0.05, 0.1) is 0 Å². The topological polar surface area (TPSA) is 19.4 Å². The molecule has 1 saturated heterocycles. The predicted octanol–water partition coefficient (Wildman–Crippen LogP) is 2.66. The minimum absolute atomic E-state index is 0.540. The summed E-state index contributed by atoms with van der Waals surface area (Å²) in [5.74, 6) is 1.67. The number of anilines is 1. The first kappa shape index (κ1) is 13.6. The van der Waals surface area contributed by atoms with Crippen molar-refractivity contribution < 1.29 is 0 Å². The maximum absolute atomic E-state index is 5.83. The Morgan fingerprint density at radius 2 is 2.00 bits per heavy atom. The van der Waals surface area contributed by atoms with Crippen LogP contribution < -0.4 is 4.90 Å². The lowest BCUT2D eigenvalue weighted by molar-refractivity contribution is 0.258. The first-order chi connectivity index (χ1) is 8.74. The van der Waals surface area contributed by atoms with Crippen molar-refractivity contribution in [1.29, 1.82) is 0 Å². The summed E-state index contributed by atoms with van der Waals surface area (Å²) >= 11 is 5.83. The number of alkyl halides is 1. The van der Waals surface area contributed by atoms with E-state index in [1.54, 1.807) is 0 Å². The summed E-state index contributed by atoms with van der Waals surface area (Å²) in [4.78, 5) is 9.48. The zero-order valence-electron chi connectivity index (χ0n) is 11.3. The van der Waals surface area contributed by atoms with Crippen LogP contribution in [0.1, 0.15) is 24.5 Å². The smallest absolute Gasteiger partial charge is 0.131 e. The van der Waals surface area contributed by atoms with E-state index in [1.165, 1.54) is 18.5 Å². The van der Waals surface area contributed by atoms with Crippen LogP contribution in [0.5, 0.6) is 0 Å². The number of pyridine rings is 1. The van der Waals surface area contributed by atoms with E-state index in [0.29, 0.717) is 5.88 Å². The summed E-state index contributed by atoms with van der Waals surface area (Å²) in [5, 5.41) is 0. The van der Waals surface area contributed by atoms with E-state index in [9.17, 15) is 0 Å². The number of rotatable bonds is 4. The fourth-order valence-corrected chi connectivity index (χ4v) is 2.68. The van der Waals surface area contributed by atoms with Gasteiger partial charge in [-0.2, -0.15) is 0 Å². The maximum atomic E-state index is 5.83. The molecule has 0 bridgehead atoms. The second kappa shape index (κ2) is 6.39. The number of hydrogen-bond acceptors (Lipinski definition) is 3. The van der Waals surface area contributed by atoms with Crippen LogP contribution in [0.4, 0.5) is 5.82 Å². The van der Waals surface area contributed by atoms with Crippen LogP contribution >= 0.6 is 11.6 Å². The lowest BCUT2D eigenvalue weighted by Gasteiger charge is -2.35. The molecule has 1 aromatic rings. The normalized spacial score (nSPS) is 17.2. The van der Waals surface area contributed by atoms with Gasteiger partial charge in [-0.25, -0.2) is 4.98 Å². The van der Waals surface area contributed by atoms with Crippen molar-refractivity contribution in [1.82, 2.24) is 9.88 Å². The van der Waals surface area contributed by atoms with E-state index in [-0.39, 0.29) is 0 Å². The number of aromatic nitrogens is 1. The summed E-state index contributed by atoms with van der Waals surface area (Å²) < 4.78 is 0. The van der Waals surface area contributed by atoms with Gasteiger partial charge in [0.1, 0.15) is 5.82 Å². The molecule has 0 unspecified atom stereocenters. The largest absolute Gasteiger partial charge is 0.354 e. The van der Waals surface area contributed by atoms with Crippen molar-refractivity contribution in [3.05, 3.63) is 23.4 Å². The van der Waals surface area contributed by atoms with E-state index in [0.717, 1.165) is 37.6 Å². The monoisotopic (exact) mass is 267 g/mol. The molecule has 0 amide bonds. The van der Waals surface area contributed by atoms with Crippen LogP contribution in [0.25, 0.3) is 0 Å². The fourth-order valence-electron chi connectivity index (χ4n) is 2.53. The number of aryl methyl sites for hydroxylation is 1. The quantitative estimate of drug-likeness (QED) is 0.782. The molecule has 0 atom stereocenters. The Morgan fingerprint density at radius 3 is 2.56 bits per heavy atom. The summed E-state index contributed by atoms with van der Waals surface area (Å²) in [7, 11) is 0. The second-order valence-corrected chi connectivity index (χ2v) is 5.21. The molecule has 3 nitrogen and oxygen atoms in total. The summed E-state index contributed by atoms with van der Waals surface area (Å²) in [6.07, 6.45) is 3.13. The van der Waals surface area contributed by atoms with Crippen LogP contribution in [0.2, 0.25) is 0 Å². The van der Waals surface area contributed by atoms with Crippen LogP contribution in [-0.2, 0) is 5.88 Å². The summed E-state index contributed by atoms with van der Waals surface area (Å²) in [6.45, 7) is 10.0. The van der Waals surface area contributed by atoms with Gasteiger partial charge in [-0.05, 0) is 37.1 Å². The molecule has 2 heterocycles. The molecule has 0 saturated carbocycles. The van der Waals surface area contributed by atoms with Gasteiger partial charge in [-0.1, -0.05) is 6.92 Å². The zero-order valence-corrected chi connectivity index (χ0v) is 12.1. The molecule has 100 valence electrons. The van der Waals surface area contributed by atoms with Gasteiger partial charge in [0.15, 0.2) is 0 Å². The van der Waals surface area contributed by atoms with Crippen LogP contribution in [0, 0.1) is 6.92 Å². The van der Waals surface area contributed by atoms with Gasteiger partial charge in [-0.3, -0.25) is 4.90 Å². The van der Waals surface area contributed by atoms with Crippen LogP contribution in [0.3, 0.4) is 0 Å². The maximum Gasteiger partial charge on any atom is 0.131 e. The molecule has 1 aliphatic heterocycles. The highest BCUT2D eigenvalue weighted by molar-refractivity contribution is 6.17. The molecule has 1 aliphatic rings. The third kappa shape index (κ3) is 3.15. The predicted molar refractivity (Wildman–Crippen MR) is 77.5 cm³/mol. The highest BCUT2D eigenvalue weighted by Gasteiger charge is 2.18. The molecule has 2 rings (SSSR count). The van der Waals surface area contributed by atoms with Gasteiger partial charge in [0.25, 0.3) is 0 Å². The van der Waals surface area contributed by atoms with Gasteiger partial charge < -0.3 is 4.90 Å². The van der Waals surface area contributed by atoms with Gasteiger partial charge in [0, 0.05) is 38.3 Å². The number of hydrogen-bond donors (Lipinski definition) is 0. The average Bonchev–Trinajstić information content (AvgIpc) is 2.40. The van der Waals surface area contributed by atoms with Crippen molar-refractivity contribution in [3.8, 4) is 0 Å². The third-order valence-corrected chi connectivity index (χ3v) is 3.78. The van der Waals surface area contributed by atoms with Crippen molar-refractivity contribution in [2.45, 2.75) is 26.1 Å². The lowest BCUT2D eigenvalue weighted by Crippen LogP contribution is -2.47. The van der Waals surface area contributed by atoms with E-state index in [2.05, 4.69) is 34.7 Å². The highest BCUT2D eigenvalue weighted by atomic mass is 35.5. The first-order valence-corrected chi connectivity index (χ1v) is 7.27. The molecule has 1 fully saturated rings. The minimum atomic E-state index is 0.540. The second-order valence-electron chi connectivity index (χ2n) is 4.95. The molecular formula is C14H22ClN3. The molecular weight excluding hydrogens is 246 g/mol. The average molecular weight is 268 g/mol. The molecule has 0 radical (unpaired) electrons. The van der Waals surface area contributed by atoms with Crippen molar-refractivity contribution in [2.75, 3.05) is 37.6 Å². The fraction of sp³-hybridized carbons (Fsp3) is 0.643. The van der Waals surface area contributed by atoms with Gasteiger partial charge in [0.2, 0.25) is 0 Å². The van der Waals surface area contributed by atoms with Crippen molar-refractivity contribution in [3.63, 3.8) is 0 Å². The highest BCUT2D eigenvalue weighted by Crippen LogP contribution is 2.20. The molecule has 18 heavy (non-hydrogen) atoms. The van der Waals surface area contributed by atoms with Crippen molar-refractivity contribution >= 4 is 17.4 Å². The number of nitrogens with zero attached hydrogens (tertiary/aromatic N) is 3. The summed E-state index contributed by atoms with van der Waals surface area (Å²) in [6, 6.07) is 2.15.